The van der Waals surface area contributed by atoms with E-state index >= 15 is 0 Å². The minimum absolute atomic E-state index is 0.0499. The minimum atomic E-state index is 0.0499. The summed E-state index contributed by atoms with van der Waals surface area (Å²) in [4.78, 5) is 8.43. The second kappa shape index (κ2) is 3.64. The molecule has 2 N–H and O–H groups in total. The fourth-order valence-electron chi connectivity index (χ4n) is 1.70. The van der Waals surface area contributed by atoms with Gasteiger partial charge in [-0.15, -0.1) is 11.8 Å². The number of rotatable bonds is 2. The molecule has 0 aliphatic carbocycles. The van der Waals surface area contributed by atoms with Crippen LogP contribution in [0.2, 0.25) is 0 Å². The Labute approximate surface area is 82.2 Å². The van der Waals surface area contributed by atoms with Gasteiger partial charge < -0.3 is 5.73 Å². The van der Waals surface area contributed by atoms with Gasteiger partial charge in [-0.3, -0.25) is 9.97 Å². The molecule has 70 valence electrons. The third-order valence-corrected chi connectivity index (χ3v) is 4.09. The molecule has 0 spiro atoms. The molecule has 2 rings (SSSR count). The van der Waals surface area contributed by atoms with Gasteiger partial charge in [-0.1, -0.05) is 0 Å². The van der Waals surface area contributed by atoms with Crippen molar-refractivity contribution in [1.82, 2.24) is 9.97 Å². The average molecular weight is 195 g/mol. The first-order valence-electron chi connectivity index (χ1n) is 4.48. The van der Waals surface area contributed by atoms with Gasteiger partial charge in [-0.25, -0.2) is 0 Å². The van der Waals surface area contributed by atoms with Crippen molar-refractivity contribution in [3.05, 3.63) is 24.3 Å². The van der Waals surface area contributed by atoms with Crippen LogP contribution < -0.4 is 5.73 Å². The molecule has 1 aliphatic rings. The SMILES string of the molecule is NCC1(c2cnccn2)CCCS1. The summed E-state index contributed by atoms with van der Waals surface area (Å²) in [5, 5.41) is 0. The van der Waals surface area contributed by atoms with E-state index in [1.165, 1.54) is 12.2 Å². The standard InChI is InChI=1S/C9H13N3S/c10-7-9(2-1-5-13-9)8-6-11-3-4-12-8/h3-4,6H,1-2,5,7,10H2. The van der Waals surface area contributed by atoms with Crippen molar-refractivity contribution in [2.75, 3.05) is 12.3 Å². The van der Waals surface area contributed by atoms with Crippen LogP contribution in [-0.2, 0) is 4.75 Å². The monoisotopic (exact) mass is 195 g/mol. The zero-order valence-corrected chi connectivity index (χ0v) is 8.26. The van der Waals surface area contributed by atoms with Crippen molar-refractivity contribution in [2.45, 2.75) is 17.6 Å². The van der Waals surface area contributed by atoms with E-state index in [2.05, 4.69) is 9.97 Å². The van der Waals surface area contributed by atoms with Gasteiger partial charge in [-0.05, 0) is 18.6 Å². The van der Waals surface area contributed by atoms with Crippen LogP contribution in [0.15, 0.2) is 18.6 Å². The lowest BCUT2D eigenvalue weighted by molar-refractivity contribution is 0.580. The molecule has 0 bridgehead atoms. The molecular weight excluding hydrogens is 182 g/mol. The summed E-state index contributed by atoms with van der Waals surface area (Å²) in [7, 11) is 0. The molecule has 0 saturated carbocycles. The predicted octanol–water partition coefficient (Wildman–Crippen LogP) is 1.16. The Morgan fingerprint density at radius 3 is 3.00 bits per heavy atom. The molecule has 0 amide bonds. The summed E-state index contributed by atoms with van der Waals surface area (Å²) in [6.45, 7) is 0.663. The van der Waals surface area contributed by atoms with Gasteiger partial charge >= 0.3 is 0 Å². The number of nitrogens with two attached hydrogens (primary N) is 1. The minimum Gasteiger partial charge on any atom is -0.329 e. The zero-order valence-electron chi connectivity index (χ0n) is 7.44. The molecule has 1 aromatic rings. The summed E-state index contributed by atoms with van der Waals surface area (Å²) >= 11 is 1.92. The molecule has 1 unspecified atom stereocenters. The smallest absolute Gasteiger partial charge is 0.0760 e. The molecule has 1 aliphatic heterocycles. The van der Waals surface area contributed by atoms with Crippen molar-refractivity contribution >= 4 is 11.8 Å². The highest BCUT2D eigenvalue weighted by molar-refractivity contribution is 8.00. The topological polar surface area (TPSA) is 51.8 Å². The van der Waals surface area contributed by atoms with Crippen LogP contribution in [0.25, 0.3) is 0 Å². The summed E-state index contributed by atoms with van der Waals surface area (Å²) < 4.78 is 0.0499. The summed E-state index contributed by atoms with van der Waals surface area (Å²) in [6, 6.07) is 0. The lowest BCUT2D eigenvalue weighted by Crippen LogP contribution is -2.30. The fourth-order valence-corrected chi connectivity index (χ4v) is 3.04. The van der Waals surface area contributed by atoms with E-state index in [0.29, 0.717) is 6.54 Å². The first kappa shape index (κ1) is 8.97. The maximum Gasteiger partial charge on any atom is 0.0760 e. The Morgan fingerprint density at radius 1 is 1.54 bits per heavy atom. The lowest BCUT2D eigenvalue weighted by atomic mass is 10.00. The van der Waals surface area contributed by atoms with E-state index < -0.39 is 0 Å². The fraction of sp³-hybridized carbons (Fsp3) is 0.556. The zero-order chi connectivity index (χ0) is 9.15. The molecule has 1 atom stereocenters. The van der Waals surface area contributed by atoms with Gasteiger partial charge in [0.2, 0.25) is 0 Å². The van der Waals surface area contributed by atoms with E-state index in [4.69, 9.17) is 5.73 Å². The quantitative estimate of drug-likeness (QED) is 0.769. The number of aromatic nitrogens is 2. The summed E-state index contributed by atoms with van der Waals surface area (Å²) in [6.07, 6.45) is 7.65. The second-order valence-electron chi connectivity index (χ2n) is 3.24. The number of hydrogen-bond donors (Lipinski definition) is 1. The molecular formula is C9H13N3S. The van der Waals surface area contributed by atoms with E-state index in [0.717, 1.165) is 12.1 Å². The van der Waals surface area contributed by atoms with Crippen LogP contribution >= 0.6 is 11.8 Å². The molecule has 13 heavy (non-hydrogen) atoms. The van der Waals surface area contributed by atoms with Crippen molar-refractivity contribution in [2.24, 2.45) is 5.73 Å². The first-order chi connectivity index (χ1) is 6.37. The third-order valence-electron chi connectivity index (χ3n) is 2.46. The second-order valence-corrected chi connectivity index (χ2v) is 4.72. The van der Waals surface area contributed by atoms with Crippen LogP contribution in [0.1, 0.15) is 18.5 Å². The van der Waals surface area contributed by atoms with Crippen LogP contribution in [-0.4, -0.2) is 22.3 Å². The van der Waals surface area contributed by atoms with Gasteiger partial charge in [0.15, 0.2) is 0 Å². The molecule has 1 fully saturated rings. The third kappa shape index (κ3) is 1.56. The summed E-state index contributed by atoms with van der Waals surface area (Å²) in [5.41, 5.74) is 6.85. The Morgan fingerprint density at radius 2 is 2.46 bits per heavy atom. The number of thioether (sulfide) groups is 1. The van der Waals surface area contributed by atoms with E-state index in [-0.39, 0.29) is 4.75 Å². The molecule has 3 nitrogen and oxygen atoms in total. The van der Waals surface area contributed by atoms with Crippen molar-refractivity contribution in [1.29, 1.82) is 0 Å². The maximum atomic E-state index is 5.81. The van der Waals surface area contributed by atoms with Crippen LogP contribution in [0.5, 0.6) is 0 Å². The normalized spacial score (nSPS) is 27.8. The Balaban J connectivity index is 2.31. The Kier molecular flexibility index (Phi) is 2.51. The van der Waals surface area contributed by atoms with E-state index in [1.54, 1.807) is 12.4 Å². The van der Waals surface area contributed by atoms with Crippen molar-refractivity contribution < 1.29 is 0 Å². The number of nitrogens with zero attached hydrogens (tertiary/aromatic N) is 2. The number of hydrogen-bond acceptors (Lipinski definition) is 4. The molecule has 1 aromatic heterocycles. The maximum absolute atomic E-state index is 5.81. The molecule has 0 aromatic carbocycles. The largest absolute Gasteiger partial charge is 0.329 e. The molecule has 2 heterocycles. The van der Waals surface area contributed by atoms with Crippen LogP contribution in [0.3, 0.4) is 0 Å². The Bertz CT molecular complexity index is 269. The lowest BCUT2D eigenvalue weighted by Gasteiger charge is -2.24. The Hall–Kier alpha value is -0.610. The highest BCUT2D eigenvalue weighted by atomic mass is 32.2. The predicted molar refractivity (Wildman–Crippen MR) is 54.5 cm³/mol. The van der Waals surface area contributed by atoms with Gasteiger partial charge in [0.05, 0.1) is 10.4 Å². The molecule has 0 radical (unpaired) electrons. The van der Waals surface area contributed by atoms with Crippen molar-refractivity contribution in [3.63, 3.8) is 0 Å². The van der Waals surface area contributed by atoms with Gasteiger partial charge in [0.25, 0.3) is 0 Å². The van der Waals surface area contributed by atoms with E-state index in [9.17, 15) is 0 Å². The van der Waals surface area contributed by atoms with Crippen LogP contribution in [0, 0.1) is 0 Å². The van der Waals surface area contributed by atoms with E-state index in [1.807, 2.05) is 18.0 Å². The van der Waals surface area contributed by atoms with Gasteiger partial charge in [0.1, 0.15) is 0 Å². The van der Waals surface area contributed by atoms with Crippen LogP contribution in [0.4, 0.5) is 0 Å². The van der Waals surface area contributed by atoms with Crippen molar-refractivity contribution in [3.8, 4) is 0 Å². The van der Waals surface area contributed by atoms with Gasteiger partial charge in [-0.2, -0.15) is 0 Å². The highest BCUT2D eigenvalue weighted by Crippen LogP contribution is 2.44. The summed E-state index contributed by atoms with van der Waals surface area (Å²) in [5.74, 6) is 1.19. The highest BCUT2D eigenvalue weighted by Gasteiger charge is 2.36. The molecule has 4 heteroatoms. The van der Waals surface area contributed by atoms with Gasteiger partial charge in [0, 0.05) is 25.1 Å². The first-order valence-corrected chi connectivity index (χ1v) is 5.46. The molecule has 1 saturated heterocycles. The average Bonchev–Trinajstić information content (AvgIpc) is 2.69.